The first-order valence-corrected chi connectivity index (χ1v) is 9.12. The lowest BCUT2D eigenvalue weighted by Gasteiger charge is -2.06. The number of thiophene rings is 1. The van der Waals surface area contributed by atoms with Gasteiger partial charge in [-0.1, -0.05) is 23.4 Å². The number of pyridine rings is 1. The van der Waals surface area contributed by atoms with E-state index in [2.05, 4.69) is 15.2 Å². The van der Waals surface area contributed by atoms with Gasteiger partial charge >= 0.3 is 0 Å². The first-order valence-electron chi connectivity index (χ1n) is 6.94. The maximum absolute atomic E-state index is 12.2. The smallest absolute Gasteiger partial charge is 0.191 e. The standard InChI is InChI=1S/C15H13ClN4OS2/c1-2-20-14(10-5-7-17-8-6-10)18-19-15(20)22-9-11(21)12-3-4-13(16)23-12/h3-8H,2,9H2,1H3. The molecule has 0 bridgehead atoms. The fraction of sp³-hybridized carbons (Fsp3) is 0.200. The molecular weight excluding hydrogens is 352 g/mol. The minimum absolute atomic E-state index is 0.0445. The SMILES string of the molecule is CCn1c(SCC(=O)c2ccc(Cl)s2)nnc1-c1ccncc1. The van der Waals surface area contributed by atoms with Gasteiger partial charge in [-0.15, -0.1) is 21.5 Å². The Morgan fingerprint density at radius 3 is 2.70 bits per heavy atom. The van der Waals surface area contributed by atoms with Gasteiger partial charge < -0.3 is 4.57 Å². The molecule has 0 N–H and O–H groups in total. The van der Waals surface area contributed by atoms with Gasteiger partial charge in [0.2, 0.25) is 0 Å². The fourth-order valence-corrected chi connectivity index (χ4v) is 4.02. The predicted molar refractivity (Wildman–Crippen MR) is 93.3 cm³/mol. The average Bonchev–Trinajstić information content (AvgIpc) is 3.19. The van der Waals surface area contributed by atoms with Crippen molar-refractivity contribution in [1.82, 2.24) is 19.7 Å². The van der Waals surface area contributed by atoms with Crippen LogP contribution in [0.3, 0.4) is 0 Å². The molecule has 3 aromatic heterocycles. The molecule has 0 radical (unpaired) electrons. The monoisotopic (exact) mass is 364 g/mol. The third-order valence-electron chi connectivity index (χ3n) is 3.15. The number of carbonyl (C=O) groups excluding carboxylic acids is 1. The summed E-state index contributed by atoms with van der Waals surface area (Å²) in [5.41, 5.74) is 0.956. The Morgan fingerprint density at radius 2 is 2.04 bits per heavy atom. The topological polar surface area (TPSA) is 60.7 Å². The van der Waals surface area contributed by atoms with Crippen LogP contribution in [0.1, 0.15) is 16.6 Å². The highest BCUT2D eigenvalue weighted by molar-refractivity contribution is 7.99. The highest BCUT2D eigenvalue weighted by Crippen LogP contribution is 2.26. The molecule has 0 aliphatic heterocycles. The van der Waals surface area contributed by atoms with Gasteiger partial charge in [0.1, 0.15) is 0 Å². The first kappa shape index (κ1) is 16.2. The van der Waals surface area contributed by atoms with Crippen molar-refractivity contribution in [2.45, 2.75) is 18.6 Å². The normalized spacial score (nSPS) is 10.9. The van der Waals surface area contributed by atoms with Crippen LogP contribution in [-0.4, -0.2) is 31.3 Å². The van der Waals surface area contributed by atoms with E-state index in [4.69, 9.17) is 11.6 Å². The molecule has 0 amide bonds. The van der Waals surface area contributed by atoms with Crippen LogP contribution < -0.4 is 0 Å². The molecule has 0 aliphatic carbocycles. The van der Waals surface area contributed by atoms with Gasteiger partial charge in [0.05, 0.1) is 15.0 Å². The molecule has 0 saturated heterocycles. The number of Topliss-reactive ketones (excluding diaryl/α,β-unsaturated/α-hetero) is 1. The van der Waals surface area contributed by atoms with Crippen molar-refractivity contribution in [3.8, 4) is 11.4 Å². The summed E-state index contributed by atoms with van der Waals surface area (Å²) in [4.78, 5) is 16.9. The molecule has 3 aromatic rings. The minimum atomic E-state index is 0.0445. The Balaban J connectivity index is 1.76. The number of hydrogen-bond donors (Lipinski definition) is 0. The summed E-state index contributed by atoms with van der Waals surface area (Å²) in [7, 11) is 0. The fourth-order valence-electron chi connectivity index (χ4n) is 2.06. The molecule has 8 heteroatoms. The predicted octanol–water partition coefficient (Wildman–Crippen LogP) is 4.05. The van der Waals surface area contributed by atoms with Crippen LogP contribution >= 0.6 is 34.7 Å². The van der Waals surface area contributed by atoms with Gasteiger partial charge in [0, 0.05) is 24.5 Å². The average molecular weight is 365 g/mol. The third-order valence-corrected chi connectivity index (χ3v) is 5.39. The van der Waals surface area contributed by atoms with Crippen molar-refractivity contribution in [3.63, 3.8) is 0 Å². The summed E-state index contributed by atoms with van der Waals surface area (Å²) in [6.07, 6.45) is 3.45. The summed E-state index contributed by atoms with van der Waals surface area (Å²) < 4.78 is 2.62. The lowest BCUT2D eigenvalue weighted by molar-refractivity contribution is 0.102. The summed E-state index contributed by atoms with van der Waals surface area (Å²) in [5.74, 6) is 1.14. The van der Waals surface area contributed by atoms with Gasteiger partial charge in [0.15, 0.2) is 16.8 Å². The molecule has 3 rings (SSSR count). The van der Waals surface area contributed by atoms with Crippen LogP contribution in [0.5, 0.6) is 0 Å². The van der Waals surface area contributed by atoms with Crippen molar-refractivity contribution in [1.29, 1.82) is 0 Å². The second kappa shape index (κ2) is 7.25. The van der Waals surface area contributed by atoms with E-state index in [1.807, 2.05) is 23.6 Å². The highest BCUT2D eigenvalue weighted by Gasteiger charge is 2.16. The molecule has 5 nitrogen and oxygen atoms in total. The number of thioether (sulfide) groups is 1. The number of halogens is 1. The van der Waals surface area contributed by atoms with E-state index in [1.165, 1.54) is 23.1 Å². The second-order valence-corrected chi connectivity index (χ2v) is 7.26. The molecule has 3 heterocycles. The van der Waals surface area contributed by atoms with E-state index in [0.29, 0.717) is 15.0 Å². The largest absolute Gasteiger partial charge is 0.302 e. The van der Waals surface area contributed by atoms with Crippen LogP contribution in [0.25, 0.3) is 11.4 Å². The maximum atomic E-state index is 12.2. The van der Waals surface area contributed by atoms with Gasteiger partial charge in [0.25, 0.3) is 0 Å². The van der Waals surface area contributed by atoms with Crippen LogP contribution in [0.2, 0.25) is 4.34 Å². The summed E-state index contributed by atoms with van der Waals surface area (Å²) in [6, 6.07) is 7.27. The zero-order chi connectivity index (χ0) is 16.2. The lowest BCUT2D eigenvalue weighted by atomic mass is 10.2. The zero-order valence-corrected chi connectivity index (χ0v) is 14.7. The number of carbonyl (C=O) groups is 1. The number of ketones is 1. The minimum Gasteiger partial charge on any atom is -0.302 e. The molecule has 0 atom stereocenters. The molecule has 0 aliphatic rings. The van der Waals surface area contributed by atoms with Crippen molar-refractivity contribution >= 4 is 40.5 Å². The second-order valence-electron chi connectivity index (χ2n) is 4.60. The molecule has 0 aromatic carbocycles. The zero-order valence-electron chi connectivity index (χ0n) is 12.3. The lowest BCUT2D eigenvalue weighted by Crippen LogP contribution is -2.03. The van der Waals surface area contributed by atoms with Crippen molar-refractivity contribution in [2.24, 2.45) is 0 Å². The van der Waals surface area contributed by atoms with E-state index >= 15 is 0 Å². The Bertz CT molecular complexity index is 816. The molecule has 0 unspecified atom stereocenters. The summed E-state index contributed by atoms with van der Waals surface area (Å²) in [6.45, 7) is 2.75. The number of nitrogens with zero attached hydrogens (tertiary/aromatic N) is 4. The molecule has 0 spiro atoms. The van der Waals surface area contributed by atoms with Gasteiger partial charge in [-0.3, -0.25) is 9.78 Å². The first-order chi connectivity index (χ1) is 11.2. The Labute approximate surface area is 146 Å². The third kappa shape index (κ3) is 3.63. The number of aromatic nitrogens is 4. The van der Waals surface area contributed by atoms with Crippen molar-refractivity contribution in [3.05, 3.63) is 45.9 Å². The van der Waals surface area contributed by atoms with E-state index in [1.54, 1.807) is 24.5 Å². The van der Waals surface area contributed by atoms with E-state index in [-0.39, 0.29) is 5.78 Å². The molecule has 0 saturated carbocycles. The van der Waals surface area contributed by atoms with Crippen molar-refractivity contribution < 1.29 is 4.79 Å². The molecule has 0 fully saturated rings. The quantitative estimate of drug-likeness (QED) is 0.487. The molecule has 118 valence electrons. The molecule has 23 heavy (non-hydrogen) atoms. The summed E-state index contributed by atoms with van der Waals surface area (Å²) in [5, 5.41) is 9.19. The van der Waals surface area contributed by atoms with Crippen LogP contribution in [0, 0.1) is 0 Å². The van der Waals surface area contributed by atoms with Crippen molar-refractivity contribution in [2.75, 3.05) is 5.75 Å². The van der Waals surface area contributed by atoms with Crippen LogP contribution in [-0.2, 0) is 6.54 Å². The maximum Gasteiger partial charge on any atom is 0.191 e. The van der Waals surface area contributed by atoms with Gasteiger partial charge in [-0.2, -0.15) is 0 Å². The van der Waals surface area contributed by atoms with E-state index in [0.717, 1.165) is 23.1 Å². The Hall–Kier alpha value is -1.70. The van der Waals surface area contributed by atoms with Gasteiger partial charge in [-0.25, -0.2) is 0 Å². The Kier molecular flexibility index (Phi) is 5.09. The summed E-state index contributed by atoms with van der Waals surface area (Å²) >= 11 is 8.55. The number of hydrogen-bond acceptors (Lipinski definition) is 6. The van der Waals surface area contributed by atoms with E-state index < -0.39 is 0 Å². The van der Waals surface area contributed by atoms with Crippen LogP contribution in [0.15, 0.2) is 41.8 Å². The number of rotatable bonds is 6. The van der Waals surface area contributed by atoms with Gasteiger partial charge in [-0.05, 0) is 31.2 Å². The van der Waals surface area contributed by atoms with E-state index in [9.17, 15) is 4.79 Å². The van der Waals surface area contributed by atoms with Crippen LogP contribution in [0.4, 0.5) is 0 Å². The highest BCUT2D eigenvalue weighted by atomic mass is 35.5. The Morgan fingerprint density at radius 1 is 1.26 bits per heavy atom. The molecular formula is C15H13ClN4OS2.